The van der Waals surface area contributed by atoms with Gasteiger partial charge in [-0.15, -0.1) is 11.3 Å². The van der Waals surface area contributed by atoms with Crippen molar-refractivity contribution in [3.63, 3.8) is 0 Å². The van der Waals surface area contributed by atoms with Gasteiger partial charge in [0.05, 0.1) is 11.5 Å². The highest BCUT2D eigenvalue weighted by molar-refractivity contribution is 7.89. The predicted octanol–water partition coefficient (Wildman–Crippen LogP) is 2.64. The zero-order valence-electron chi connectivity index (χ0n) is 13.2. The third-order valence-corrected chi connectivity index (χ3v) is 5.95. The molecule has 0 aliphatic heterocycles. The molecule has 130 valence electrons. The van der Waals surface area contributed by atoms with Crippen molar-refractivity contribution < 1.29 is 18.6 Å². The minimum absolute atomic E-state index is 0.0125. The fourth-order valence-corrected chi connectivity index (χ4v) is 4.71. The summed E-state index contributed by atoms with van der Waals surface area (Å²) in [6.45, 7) is -0.251. The van der Waals surface area contributed by atoms with Crippen LogP contribution in [0.25, 0.3) is 10.4 Å². The van der Waals surface area contributed by atoms with Crippen LogP contribution in [0.15, 0.2) is 64.9 Å². The number of aliphatic hydroxyl groups is 2. The molecule has 7 heteroatoms. The topological polar surface area (TPSA) is 101 Å². The largest absolute Gasteiger partial charge is 0.392 e. The third kappa shape index (κ3) is 3.65. The summed E-state index contributed by atoms with van der Waals surface area (Å²) in [5, 5.41) is 27.1. The molecule has 3 rings (SSSR count). The van der Waals surface area contributed by atoms with Crippen molar-refractivity contribution in [3.8, 4) is 10.4 Å². The Balaban J connectivity index is 2.13. The van der Waals surface area contributed by atoms with E-state index in [2.05, 4.69) is 0 Å². The number of sulfonamides is 1. The molecule has 0 aliphatic carbocycles. The van der Waals surface area contributed by atoms with Gasteiger partial charge in [-0.25, -0.2) is 13.6 Å². The molecule has 0 bridgehead atoms. The molecule has 1 unspecified atom stereocenters. The van der Waals surface area contributed by atoms with E-state index in [0.29, 0.717) is 21.6 Å². The zero-order chi connectivity index (χ0) is 18.0. The molecule has 5 nitrogen and oxygen atoms in total. The van der Waals surface area contributed by atoms with Gasteiger partial charge in [0.15, 0.2) is 0 Å². The first kappa shape index (κ1) is 17.8. The number of rotatable bonds is 5. The van der Waals surface area contributed by atoms with Crippen molar-refractivity contribution in [2.45, 2.75) is 17.6 Å². The number of hydrogen-bond donors (Lipinski definition) is 3. The smallest absolute Gasteiger partial charge is 0.239 e. The van der Waals surface area contributed by atoms with Crippen LogP contribution >= 0.6 is 11.3 Å². The second-order valence-corrected chi connectivity index (χ2v) is 7.99. The Labute approximate surface area is 150 Å². The Kier molecular flexibility index (Phi) is 5.03. The Morgan fingerprint density at radius 2 is 1.76 bits per heavy atom. The molecule has 4 N–H and O–H groups in total. The van der Waals surface area contributed by atoms with E-state index < -0.39 is 16.1 Å². The Morgan fingerprint density at radius 3 is 2.40 bits per heavy atom. The van der Waals surface area contributed by atoms with Crippen LogP contribution < -0.4 is 5.14 Å². The number of primary sulfonamides is 1. The molecule has 0 radical (unpaired) electrons. The molecule has 0 amide bonds. The normalized spacial score (nSPS) is 12.9. The third-order valence-electron chi connectivity index (χ3n) is 3.92. The lowest BCUT2D eigenvalue weighted by molar-refractivity contribution is 0.220. The molecule has 1 aromatic heterocycles. The van der Waals surface area contributed by atoms with Crippen molar-refractivity contribution in [1.29, 1.82) is 0 Å². The Morgan fingerprint density at radius 1 is 1.04 bits per heavy atom. The summed E-state index contributed by atoms with van der Waals surface area (Å²) in [6.07, 6.45) is -0.856. The summed E-state index contributed by atoms with van der Waals surface area (Å²) in [6, 6.07) is 15.7. The highest BCUT2D eigenvalue weighted by Gasteiger charge is 2.20. The van der Waals surface area contributed by atoms with Crippen LogP contribution in [0, 0.1) is 0 Å². The lowest BCUT2D eigenvalue weighted by Crippen LogP contribution is -2.12. The number of benzene rings is 2. The minimum atomic E-state index is -3.88. The molecular weight excluding hydrogens is 358 g/mol. The molecular formula is C18H17NO4S2. The van der Waals surface area contributed by atoms with Gasteiger partial charge < -0.3 is 10.2 Å². The van der Waals surface area contributed by atoms with E-state index in [0.717, 1.165) is 5.56 Å². The number of thiophene rings is 1. The molecule has 1 atom stereocenters. The molecule has 0 saturated carbocycles. The van der Waals surface area contributed by atoms with Crippen LogP contribution in [0.5, 0.6) is 0 Å². The summed E-state index contributed by atoms with van der Waals surface area (Å²) >= 11 is 1.22. The summed E-state index contributed by atoms with van der Waals surface area (Å²) < 4.78 is 23.6. The second-order valence-electron chi connectivity index (χ2n) is 5.55. The van der Waals surface area contributed by atoms with Gasteiger partial charge >= 0.3 is 0 Å². The highest BCUT2D eigenvalue weighted by atomic mass is 32.2. The quantitative estimate of drug-likeness (QED) is 0.638. The molecule has 0 saturated heterocycles. The molecule has 0 aliphatic rings. The fourth-order valence-electron chi connectivity index (χ4n) is 2.66. The SMILES string of the molecule is NS(=O)(=O)c1ccsc1-c1cc(C(O)c2ccccc2)ccc1CO. The molecule has 3 aromatic rings. The summed E-state index contributed by atoms with van der Waals surface area (Å²) in [5.41, 5.74) is 2.44. The first-order valence-electron chi connectivity index (χ1n) is 7.49. The summed E-state index contributed by atoms with van der Waals surface area (Å²) in [4.78, 5) is 0.465. The zero-order valence-corrected chi connectivity index (χ0v) is 14.8. The Hall–Kier alpha value is -2.03. The molecule has 2 aromatic carbocycles. The first-order chi connectivity index (χ1) is 11.9. The average Bonchev–Trinajstić information content (AvgIpc) is 3.11. The van der Waals surface area contributed by atoms with E-state index in [9.17, 15) is 18.6 Å². The lowest BCUT2D eigenvalue weighted by Gasteiger charge is -2.15. The van der Waals surface area contributed by atoms with Gasteiger partial charge in [0.25, 0.3) is 0 Å². The maximum absolute atomic E-state index is 11.8. The van der Waals surface area contributed by atoms with Crippen LogP contribution in [-0.4, -0.2) is 18.6 Å². The van der Waals surface area contributed by atoms with Gasteiger partial charge in [-0.1, -0.05) is 42.5 Å². The predicted molar refractivity (Wildman–Crippen MR) is 97.6 cm³/mol. The minimum Gasteiger partial charge on any atom is -0.392 e. The van der Waals surface area contributed by atoms with Crippen molar-refractivity contribution >= 4 is 21.4 Å². The summed E-state index contributed by atoms with van der Waals surface area (Å²) in [7, 11) is -3.88. The monoisotopic (exact) mass is 375 g/mol. The maximum Gasteiger partial charge on any atom is 0.239 e. The molecule has 0 spiro atoms. The molecule has 1 heterocycles. The van der Waals surface area contributed by atoms with E-state index in [1.807, 2.05) is 30.3 Å². The van der Waals surface area contributed by atoms with Crippen LogP contribution in [0.1, 0.15) is 22.8 Å². The van der Waals surface area contributed by atoms with Crippen LogP contribution in [0.2, 0.25) is 0 Å². The van der Waals surface area contributed by atoms with Crippen molar-refractivity contribution in [3.05, 3.63) is 76.7 Å². The van der Waals surface area contributed by atoms with E-state index in [-0.39, 0.29) is 11.5 Å². The van der Waals surface area contributed by atoms with Crippen LogP contribution in [0.4, 0.5) is 0 Å². The fraction of sp³-hybridized carbons (Fsp3) is 0.111. The number of aliphatic hydroxyl groups excluding tert-OH is 2. The lowest BCUT2D eigenvalue weighted by atomic mass is 9.96. The van der Waals surface area contributed by atoms with Crippen molar-refractivity contribution in [2.75, 3.05) is 0 Å². The second kappa shape index (κ2) is 7.07. The highest BCUT2D eigenvalue weighted by Crippen LogP contribution is 2.36. The molecule has 25 heavy (non-hydrogen) atoms. The number of nitrogens with two attached hydrogens (primary N) is 1. The van der Waals surface area contributed by atoms with E-state index in [1.54, 1.807) is 23.6 Å². The summed E-state index contributed by atoms with van der Waals surface area (Å²) in [5.74, 6) is 0. The van der Waals surface area contributed by atoms with Gasteiger partial charge in [-0.3, -0.25) is 0 Å². The van der Waals surface area contributed by atoms with Crippen molar-refractivity contribution in [1.82, 2.24) is 0 Å². The van der Waals surface area contributed by atoms with E-state index >= 15 is 0 Å². The first-order valence-corrected chi connectivity index (χ1v) is 9.92. The van der Waals surface area contributed by atoms with Crippen molar-refractivity contribution in [2.24, 2.45) is 5.14 Å². The van der Waals surface area contributed by atoms with Gasteiger partial charge in [-0.2, -0.15) is 0 Å². The maximum atomic E-state index is 11.8. The van der Waals surface area contributed by atoms with Gasteiger partial charge in [-0.05, 0) is 39.8 Å². The molecule has 0 fully saturated rings. The van der Waals surface area contributed by atoms with Crippen LogP contribution in [-0.2, 0) is 16.6 Å². The van der Waals surface area contributed by atoms with Gasteiger partial charge in [0, 0.05) is 0 Å². The standard InChI is InChI=1S/C18H17NO4S2/c19-25(22,23)16-8-9-24-18(16)15-10-13(6-7-14(15)11-20)17(21)12-4-2-1-3-5-12/h1-10,17,20-21H,11H2,(H2,19,22,23). The number of hydrogen-bond acceptors (Lipinski definition) is 5. The van der Waals surface area contributed by atoms with Crippen LogP contribution in [0.3, 0.4) is 0 Å². The van der Waals surface area contributed by atoms with Gasteiger partial charge in [0.1, 0.15) is 11.0 Å². The average molecular weight is 375 g/mol. The van der Waals surface area contributed by atoms with Gasteiger partial charge in [0.2, 0.25) is 10.0 Å². The Bertz CT molecular complexity index is 981. The van der Waals surface area contributed by atoms with E-state index in [1.165, 1.54) is 17.4 Å². The van der Waals surface area contributed by atoms with E-state index in [4.69, 9.17) is 5.14 Å².